The van der Waals surface area contributed by atoms with E-state index in [0.29, 0.717) is 47.0 Å². The van der Waals surface area contributed by atoms with Crippen molar-refractivity contribution in [1.29, 1.82) is 0 Å². The third-order valence-electron chi connectivity index (χ3n) is 7.07. The van der Waals surface area contributed by atoms with Crippen molar-refractivity contribution in [2.24, 2.45) is 11.8 Å². The van der Waals surface area contributed by atoms with Gasteiger partial charge in [-0.05, 0) is 79.8 Å². The summed E-state index contributed by atoms with van der Waals surface area (Å²) in [5.41, 5.74) is 7.81. The lowest BCUT2D eigenvalue weighted by molar-refractivity contribution is -0.142. The molecule has 0 aliphatic heterocycles. The maximum atomic E-state index is 12.9. The molecule has 4 N–H and O–H groups in total. The summed E-state index contributed by atoms with van der Waals surface area (Å²) in [6, 6.07) is 18.6. The van der Waals surface area contributed by atoms with Crippen molar-refractivity contribution in [3.05, 3.63) is 92.4 Å². The first kappa shape index (κ1) is 30.7. The van der Waals surface area contributed by atoms with Crippen LogP contribution in [0.15, 0.2) is 71.2 Å². The molecule has 0 unspecified atom stereocenters. The molecule has 0 heterocycles. The largest absolute Gasteiger partial charge is 0.489 e. The molecule has 0 saturated heterocycles. The van der Waals surface area contributed by atoms with Gasteiger partial charge in [-0.25, -0.2) is 4.79 Å². The van der Waals surface area contributed by atoms with Crippen LogP contribution in [0.2, 0.25) is 10.0 Å². The van der Waals surface area contributed by atoms with Gasteiger partial charge in [0, 0.05) is 38.3 Å². The van der Waals surface area contributed by atoms with Crippen LogP contribution >= 0.6 is 39.1 Å². The number of hydrazine groups is 1. The lowest BCUT2D eigenvalue weighted by Crippen LogP contribution is -2.46. The van der Waals surface area contributed by atoms with Crippen LogP contribution in [0.25, 0.3) is 0 Å². The summed E-state index contributed by atoms with van der Waals surface area (Å²) in [6.07, 6.45) is 2.23. The van der Waals surface area contributed by atoms with Crippen molar-refractivity contribution < 1.29 is 24.2 Å². The Morgan fingerprint density at radius 3 is 2.05 bits per heavy atom. The highest BCUT2D eigenvalue weighted by Crippen LogP contribution is 2.30. The topological polar surface area (TPSA) is 117 Å². The van der Waals surface area contributed by atoms with Crippen molar-refractivity contribution in [2.45, 2.75) is 44.8 Å². The van der Waals surface area contributed by atoms with E-state index in [4.69, 9.17) is 27.9 Å². The van der Waals surface area contributed by atoms with E-state index in [1.807, 2.05) is 24.3 Å². The second kappa shape index (κ2) is 14.6. The Morgan fingerprint density at radius 2 is 1.46 bits per heavy atom. The molecule has 3 aromatic rings. The van der Waals surface area contributed by atoms with E-state index in [1.54, 1.807) is 42.5 Å². The lowest BCUT2D eigenvalue weighted by atomic mass is 9.81. The Balaban J connectivity index is 1.23. The summed E-state index contributed by atoms with van der Waals surface area (Å²) in [4.78, 5) is 37.4. The van der Waals surface area contributed by atoms with Crippen molar-refractivity contribution in [3.63, 3.8) is 0 Å². The third kappa shape index (κ3) is 8.86. The molecule has 8 nitrogen and oxygen atoms in total. The highest BCUT2D eigenvalue weighted by Gasteiger charge is 2.32. The first-order valence-corrected chi connectivity index (χ1v) is 14.7. The molecule has 2 amide bonds. The molecule has 1 saturated carbocycles. The second-order valence-corrected chi connectivity index (χ2v) is 11.6. The van der Waals surface area contributed by atoms with Gasteiger partial charge in [0.15, 0.2) is 0 Å². The van der Waals surface area contributed by atoms with Crippen LogP contribution in [0.3, 0.4) is 0 Å². The maximum Gasteiger partial charge on any atom is 0.326 e. The number of hydrogen-bond acceptors (Lipinski definition) is 5. The minimum absolute atomic E-state index is 0.122. The van der Waals surface area contributed by atoms with Crippen molar-refractivity contribution in [2.75, 3.05) is 5.43 Å². The predicted octanol–water partition coefficient (Wildman–Crippen LogP) is 6.40. The number of carboxylic acid groups (broad SMARTS) is 1. The molecule has 0 spiro atoms. The number of aliphatic carboxylic acids is 1. The van der Waals surface area contributed by atoms with Gasteiger partial charge in [-0.1, -0.05) is 57.3 Å². The zero-order valence-corrected chi connectivity index (χ0v) is 25.1. The maximum absolute atomic E-state index is 12.9. The number of carbonyl (C=O) groups is 3. The Kier molecular flexibility index (Phi) is 10.9. The van der Waals surface area contributed by atoms with Gasteiger partial charge in [-0.3, -0.25) is 20.4 Å². The van der Waals surface area contributed by atoms with Crippen molar-refractivity contribution in [3.8, 4) is 5.75 Å². The van der Waals surface area contributed by atoms with Crippen LogP contribution in [-0.4, -0.2) is 28.9 Å². The summed E-state index contributed by atoms with van der Waals surface area (Å²) in [5, 5.41) is 13.5. The van der Waals surface area contributed by atoms with E-state index in [0.717, 1.165) is 15.7 Å². The Morgan fingerprint density at radius 1 is 0.878 bits per heavy atom. The molecule has 41 heavy (non-hydrogen) atoms. The van der Waals surface area contributed by atoms with E-state index in [2.05, 4.69) is 32.1 Å². The number of amides is 2. The number of ether oxygens (including phenoxy) is 1. The predicted molar refractivity (Wildman–Crippen MR) is 162 cm³/mol. The number of halogens is 3. The number of hydrogen-bond donors (Lipinski definition) is 4. The Hall–Kier alpha value is -3.27. The standard InChI is InChI=1S/C30H30BrCl2N3O5/c31-21-10-12-22(13-11-21)35-36-29(38)20-8-6-19(7-9-20)28(37)34-27(30(39)40)16-18-4-14-23(15-5-18)41-17-24-25(32)2-1-3-26(24)33/h1-5,10-15,19-20,27,35H,6-9,16-17H2,(H,34,37)(H,36,38)(H,39,40)/t19-,20-,27-/m0/s1. The molecular weight excluding hydrogens is 633 g/mol. The number of anilines is 1. The monoisotopic (exact) mass is 661 g/mol. The van der Waals surface area contributed by atoms with Crippen molar-refractivity contribution in [1.82, 2.24) is 10.7 Å². The summed E-state index contributed by atoms with van der Waals surface area (Å²) in [6.45, 7) is 0.192. The molecule has 11 heteroatoms. The van der Waals surface area contributed by atoms with E-state index >= 15 is 0 Å². The van der Waals surface area contributed by atoms with Crippen LogP contribution < -0.4 is 20.9 Å². The highest BCUT2D eigenvalue weighted by molar-refractivity contribution is 9.10. The summed E-state index contributed by atoms with van der Waals surface area (Å²) in [7, 11) is 0. The number of carboxylic acids is 1. The molecule has 216 valence electrons. The fourth-order valence-corrected chi connectivity index (χ4v) is 5.43. The van der Waals surface area contributed by atoms with Crippen LogP contribution in [0.5, 0.6) is 5.75 Å². The van der Waals surface area contributed by atoms with Crippen LogP contribution in [0.4, 0.5) is 5.69 Å². The number of rotatable bonds is 11. The normalized spacial score (nSPS) is 17.2. The average molecular weight is 663 g/mol. The summed E-state index contributed by atoms with van der Waals surface area (Å²) >= 11 is 15.7. The molecular formula is C30H30BrCl2N3O5. The fraction of sp³-hybridized carbons (Fsp3) is 0.300. The lowest BCUT2D eigenvalue weighted by Gasteiger charge is -2.28. The van der Waals surface area contributed by atoms with E-state index in [-0.39, 0.29) is 36.7 Å². The van der Waals surface area contributed by atoms with Gasteiger partial charge in [0.2, 0.25) is 11.8 Å². The highest BCUT2D eigenvalue weighted by atomic mass is 79.9. The van der Waals surface area contributed by atoms with Crippen molar-refractivity contribution >= 4 is 62.6 Å². The molecule has 1 aliphatic carbocycles. The SMILES string of the molecule is O=C(O)[C@H](Cc1ccc(OCc2c(Cl)cccc2Cl)cc1)NC(=O)[C@H]1CC[C@H](C(=O)NNc2ccc(Br)cc2)CC1. The molecule has 1 aliphatic rings. The number of carbonyl (C=O) groups excluding carboxylic acids is 2. The van der Waals surface area contributed by atoms with Crippen LogP contribution in [-0.2, 0) is 27.4 Å². The minimum Gasteiger partial charge on any atom is -0.489 e. The molecule has 0 radical (unpaired) electrons. The zero-order valence-electron chi connectivity index (χ0n) is 22.0. The van der Waals surface area contributed by atoms with E-state index in [1.165, 1.54) is 0 Å². The Labute approximate surface area is 256 Å². The summed E-state index contributed by atoms with van der Waals surface area (Å²) < 4.78 is 6.72. The first-order valence-electron chi connectivity index (χ1n) is 13.2. The van der Waals surface area contributed by atoms with Gasteiger partial charge in [0.1, 0.15) is 18.4 Å². The molecule has 0 aromatic heterocycles. The van der Waals surface area contributed by atoms with E-state index in [9.17, 15) is 19.5 Å². The number of benzene rings is 3. The average Bonchev–Trinajstić information content (AvgIpc) is 2.97. The van der Waals surface area contributed by atoms with Gasteiger partial charge in [-0.2, -0.15) is 0 Å². The molecule has 4 rings (SSSR count). The van der Waals surface area contributed by atoms with E-state index < -0.39 is 12.0 Å². The molecule has 0 bridgehead atoms. The van der Waals surface area contributed by atoms with Gasteiger partial charge in [-0.15, -0.1) is 0 Å². The zero-order chi connectivity index (χ0) is 29.4. The van der Waals surface area contributed by atoms with Gasteiger partial charge < -0.3 is 15.2 Å². The first-order chi connectivity index (χ1) is 19.7. The third-order valence-corrected chi connectivity index (χ3v) is 8.30. The summed E-state index contributed by atoms with van der Waals surface area (Å²) in [5.74, 6) is -1.52. The minimum atomic E-state index is -1.11. The Bertz CT molecular complexity index is 1340. The van der Waals surface area contributed by atoms with Crippen LogP contribution in [0.1, 0.15) is 36.8 Å². The molecule has 1 atom stereocenters. The van der Waals surface area contributed by atoms with Gasteiger partial charge >= 0.3 is 5.97 Å². The van der Waals surface area contributed by atoms with Crippen LogP contribution in [0, 0.1) is 11.8 Å². The molecule has 1 fully saturated rings. The quantitative estimate of drug-likeness (QED) is 0.177. The van der Waals surface area contributed by atoms with Gasteiger partial charge in [0.05, 0.1) is 5.69 Å². The number of nitrogens with one attached hydrogen (secondary N) is 3. The second-order valence-electron chi connectivity index (χ2n) is 9.91. The molecule has 3 aromatic carbocycles. The van der Waals surface area contributed by atoms with Gasteiger partial charge in [0.25, 0.3) is 0 Å². The fourth-order valence-electron chi connectivity index (χ4n) is 4.66. The smallest absolute Gasteiger partial charge is 0.326 e.